The minimum Gasteiger partial charge on any atom is -0.369 e. The molecular formula is C21H25N5S. The van der Waals surface area contributed by atoms with Gasteiger partial charge in [-0.1, -0.05) is 42.1 Å². The van der Waals surface area contributed by atoms with Crippen LogP contribution in [0, 0.1) is 0 Å². The molecule has 0 radical (unpaired) electrons. The fourth-order valence-electron chi connectivity index (χ4n) is 4.03. The smallest absolute Gasteiger partial charge is 0.132 e. The Morgan fingerprint density at radius 2 is 1.89 bits per heavy atom. The molecule has 0 saturated carbocycles. The molecule has 0 aliphatic carbocycles. The number of likely N-dealkylation sites (N-methyl/N-ethyl adjacent to an activating group) is 1. The Morgan fingerprint density at radius 3 is 2.70 bits per heavy atom. The summed E-state index contributed by atoms with van der Waals surface area (Å²) in [5.41, 5.74) is 5.39. The first kappa shape index (κ1) is 17.1. The van der Waals surface area contributed by atoms with Crippen LogP contribution in [0.3, 0.4) is 0 Å². The van der Waals surface area contributed by atoms with Crippen molar-refractivity contribution in [3.63, 3.8) is 0 Å². The normalized spacial score (nSPS) is 25.6. The molecule has 4 heterocycles. The molecule has 0 spiro atoms. The third kappa shape index (κ3) is 3.33. The number of hydrogen-bond acceptors (Lipinski definition) is 6. The van der Waals surface area contributed by atoms with Crippen molar-refractivity contribution in [2.24, 2.45) is 0 Å². The third-order valence-corrected chi connectivity index (χ3v) is 6.80. The van der Waals surface area contributed by atoms with Gasteiger partial charge >= 0.3 is 0 Å². The Balaban J connectivity index is 1.33. The minimum atomic E-state index is 0.348. The molecule has 1 aromatic carbocycles. The number of benzene rings is 1. The second-order valence-corrected chi connectivity index (χ2v) is 8.46. The molecule has 2 atom stereocenters. The van der Waals surface area contributed by atoms with Crippen molar-refractivity contribution >= 4 is 17.6 Å². The van der Waals surface area contributed by atoms with Crippen LogP contribution in [-0.2, 0) is 0 Å². The first-order chi connectivity index (χ1) is 13.3. The molecule has 2 unspecified atom stereocenters. The third-order valence-electron chi connectivity index (χ3n) is 5.73. The van der Waals surface area contributed by atoms with Gasteiger partial charge in [-0.2, -0.15) is 0 Å². The number of thioether (sulfide) groups is 1. The van der Waals surface area contributed by atoms with Crippen LogP contribution in [0.4, 0.5) is 5.82 Å². The summed E-state index contributed by atoms with van der Waals surface area (Å²) >= 11 is 1.91. The summed E-state index contributed by atoms with van der Waals surface area (Å²) in [6, 6.07) is 12.8. The lowest BCUT2D eigenvalue weighted by atomic mass is 9.97. The first-order valence-corrected chi connectivity index (χ1v) is 10.6. The number of nitrogens with one attached hydrogen (secondary N) is 2. The summed E-state index contributed by atoms with van der Waals surface area (Å²) < 4.78 is 0. The Hall–Kier alpha value is -2.02. The van der Waals surface area contributed by atoms with Crippen molar-refractivity contribution in [2.75, 3.05) is 45.1 Å². The monoisotopic (exact) mass is 379 g/mol. The summed E-state index contributed by atoms with van der Waals surface area (Å²) in [5.74, 6) is 1.37. The zero-order valence-corrected chi connectivity index (χ0v) is 16.4. The van der Waals surface area contributed by atoms with Gasteiger partial charge < -0.3 is 15.5 Å². The van der Waals surface area contributed by atoms with E-state index in [0.717, 1.165) is 38.5 Å². The Morgan fingerprint density at radius 1 is 1.07 bits per heavy atom. The van der Waals surface area contributed by atoms with Crippen molar-refractivity contribution < 1.29 is 0 Å². The standard InChI is InChI=1S/C21H25N5S/c1-25-7-9-26(10-8-25)21-24-19(14-27-21)18-13-23-20-17(18)11-16(12-22-20)15-5-3-2-4-6-15/h2-6,11-12,14,18,21,24H,7-10,13H2,1H3,(H,22,23). The van der Waals surface area contributed by atoms with Crippen LogP contribution < -0.4 is 10.6 Å². The highest BCUT2D eigenvalue weighted by molar-refractivity contribution is 8.02. The number of pyridine rings is 1. The van der Waals surface area contributed by atoms with E-state index >= 15 is 0 Å². The van der Waals surface area contributed by atoms with Crippen molar-refractivity contribution in [2.45, 2.75) is 11.4 Å². The maximum absolute atomic E-state index is 4.69. The average Bonchev–Trinajstić information content (AvgIpc) is 3.35. The van der Waals surface area contributed by atoms with Gasteiger partial charge in [-0.15, -0.1) is 0 Å². The molecular weight excluding hydrogens is 354 g/mol. The highest BCUT2D eigenvalue weighted by Crippen LogP contribution is 2.40. The second kappa shape index (κ2) is 7.19. The number of anilines is 1. The topological polar surface area (TPSA) is 43.4 Å². The van der Waals surface area contributed by atoms with Gasteiger partial charge in [-0.05, 0) is 24.1 Å². The van der Waals surface area contributed by atoms with E-state index in [4.69, 9.17) is 0 Å². The summed E-state index contributed by atoms with van der Waals surface area (Å²) in [4.78, 5) is 9.64. The molecule has 6 heteroatoms. The molecule has 2 N–H and O–H groups in total. The zero-order chi connectivity index (χ0) is 18.2. The number of piperazine rings is 1. The number of hydrogen-bond donors (Lipinski definition) is 2. The molecule has 0 amide bonds. The van der Waals surface area contributed by atoms with Gasteiger partial charge in [0.05, 0.1) is 0 Å². The van der Waals surface area contributed by atoms with Crippen LogP contribution in [-0.4, -0.2) is 60.1 Å². The van der Waals surface area contributed by atoms with Crippen LogP contribution in [0.25, 0.3) is 11.1 Å². The van der Waals surface area contributed by atoms with E-state index in [1.165, 1.54) is 22.4 Å². The molecule has 1 saturated heterocycles. The van der Waals surface area contributed by atoms with Crippen molar-refractivity contribution in [1.29, 1.82) is 0 Å². The summed E-state index contributed by atoms with van der Waals surface area (Å²) in [5, 5.41) is 9.58. The van der Waals surface area contributed by atoms with Gasteiger partial charge in [0.2, 0.25) is 0 Å². The number of aromatic nitrogens is 1. The first-order valence-electron chi connectivity index (χ1n) is 9.62. The average molecular weight is 380 g/mol. The largest absolute Gasteiger partial charge is 0.369 e. The van der Waals surface area contributed by atoms with Crippen LogP contribution >= 0.6 is 11.8 Å². The molecule has 5 nitrogen and oxygen atoms in total. The van der Waals surface area contributed by atoms with Crippen molar-refractivity contribution in [3.05, 3.63) is 59.3 Å². The zero-order valence-electron chi connectivity index (χ0n) is 15.6. The predicted molar refractivity (Wildman–Crippen MR) is 113 cm³/mol. The van der Waals surface area contributed by atoms with E-state index in [-0.39, 0.29) is 0 Å². The summed E-state index contributed by atoms with van der Waals surface area (Å²) in [6.07, 6.45) is 1.97. The van der Waals surface area contributed by atoms with Gasteiger partial charge in [-0.3, -0.25) is 4.90 Å². The van der Waals surface area contributed by atoms with Crippen LogP contribution in [0.5, 0.6) is 0 Å². The Kier molecular flexibility index (Phi) is 4.55. The lowest BCUT2D eigenvalue weighted by Crippen LogP contribution is -2.51. The van der Waals surface area contributed by atoms with Crippen LogP contribution in [0.2, 0.25) is 0 Å². The van der Waals surface area contributed by atoms with E-state index in [0.29, 0.717) is 11.4 Å². The molecule has 3 aliphatic rings. The van der Waals surface area contributed by atoms with Gasteiger partial charge in [0.1, 0.15) is 11.3 Å². The van der Waals surface area contributed by atoms with E-state index in [1.807, 2.05) is 18.0 Å². The van der Waals surface area contributed by atoms with Gasteiger partial charge in [0.25, 0.3) is 0 Å². The van der Waals surface area contributed by atoms with Gasteiger partial charge in [0.15, 0.2) is 0 Å². The second-order valence-electron chi connectivity index (χ2n) is 7.51. The molecule has 27 heavy (non-hydrogen) atoms. The lowest BCUT2D eigenvalue weighted by molar-refractivity contribution is 0.136. The summed E-state index contributed by atoms with van der Waals surface area (Å²) in [7, 11) is 2.20. The quantitative estimate of drug-likeness (QED) is 0.855. The molecule has 1 aromatic heterocycles. The Labute approximate surface area is 164 Å². The van der Waals surface area contributed by atoms with Gasteiger partial charge in [0, 0.05) is 61.7 Å². The Bertz CT molecular complexity index is 845. The van der Waals surface area contributed by atoms with Gasteiger partial charge in [-0.25, -0.2) is 4.98 Å². The number of rotatable bonds is 3. The van der Waals surface area contributed by atoms with E-state index in [2.05, 4.69) is 74.3 Å². The SMILES string of the molecule is CN1CCN(C2NC(C3CNc4ncc(-c5ccccc5)cc43)=CS2)CC1. The van der Waals surface area contributed by atoms with Crippen molar-refractivity contribution in [1.82, 2.24) is 20.1 Å². The van der Waals surface area contributed by atoms with E-state index < -0.39 is 0 Å². The number of fused-ring (bicyclic) bond motifs is 1. The fourth-order valence-corrected chi connectivity index (χ4v) is 5.13. The van der Waals surface area contributed by atoms with Crippen LogP contribution in [0.1, 0.15) is 11.5 Å². The highest BCUT2D eigenvalue weighted by Gasteiger charge is 2.33. The lowest BCUT2D eigenvalue weighted by Gasteiger charge is -2.36. The minimum absolute atomic E-state index is 0.348. The molecule has 3 aliphatic heterocycles. The van der Waals surface area contributed by atoms with E-state index in [1.54, 1.807) is 0 Å². The number of nitrogens with zero attached hydrogens (tertiary/aromatic N) is 3. The maximum Gasteiger partial charge on any atom is 0.132 e. The van der Waals surface area contributed by atoms with E-state index in [9.17, 15) is 0 Å². The predicted octanol–water partition coefficient (Wildman–Crippen LogP) is 2.97. The molecule has 0 bridgehead atoms. The molecule has 5 rings (SSSR count). The van der Waals surface area contributed by atoms with Crippen LogP contribution in [0.15, 0.2) is 53.7 Å². The highest BCUT2D eigenvalue weighted by atomic mass is 32.2. The maximum atomic E-state index is 4.69. The summed E-state index contributed by atoms with van der Waals surface area (Å²) in [6.45, 7) is 5.46. The molecule has 1 fully saturated rings. The fraction of sp³-hybridized carbons (Fsp3) is 0.381. The van der Waals surface area contributed by atoms with Crippen molar-refractivity contribution in [3.8, 4) is 11.1 Å². The molecule has 2 aromatic rings. The molecule has 140 valence electrons.